The van der Waals surface area contributed by atoms with Crippen molar-refractivity contribution in [3.05, 3.63) is 59.9 Å². The summed E-state index contributed by atoms with van der Waals surface area (Å²) in [4.78, 5) is 40.5. The minimum atomic E-state index is -0.459. The highest BCUT2D eigenvalue weighted by Crippen LogP contribution is 2.38. The summed E-state index contributed by atoms with van der Waals surface area (Å²) in [5.74, 6) is -0.400. The second-order valence-corrected chi connectivity index (χ2v) is 6.77. The number of aryl methyl sites for hydroxylation is 1. The predicted octanol–water partition coefficient (Wildman–Crippen LogP) is 1.75. The van der Waals surface area contributed by atoms with Crippen molar-refractivity contribution in [3.8, 4) is 5.75 Å². The van der Waals surface area contributed by atoms with E-state index in [1.165, 1.54) is 7.11 Å². The smallest absolute Gasteiger partial charge is 0.259 e. The minimum absolute atomic E-state index is 0.281. The molecule has 0 spiro atoms. The molecule has 152 valence electrons. The third-order valence-corrected chi connectivity index (χ3v) is 5.01. The molecule has 0 aliphatic carbocycles. The molecule has 3 amide bonds. The van der Waals surface area contributed by atoms with Crippen LogP contribution >= 0.6 is 0 Å². The molecule has 0 atom stereocenters. The average Bonchev–Trinajstić information content (AvgIpc) is 3.27. The van der Waals surface area contributed by atoms with Crippen molar-refractivity contribution < 1.29 is 19.1 Å². The van der Waals surface area contributed by atoms with E-state index < -0.39 is 11.8 Å². The average molecular weight is 404 g/mol. The number of hydrogen-bond donors (Lipinski definition) is 2. The van der Waals surface area contributed by atoms with Gasteiger partial charge in [-0.05, 0) is 24.6 Å². The van der Waals surface area contributed by atoms with Gasteiger partial charge in [0.1, 0.15) is 11.4 Å². The molecular weight excluding hydrogens is 384 g/mol. The number of aromatic nitrogens is 2. The lowest BCUT2D eigenvalue weighted by Crippen LogP contribution is -2.22. The van der Waals surface area contributed by atoms with Gasteiger partial charge in [-0.25, -0.2) is 4.98 Å². The molecular formula is C22H20N4O4. The second kappa shape index (κ2) is 8.20. The van der Waals surface area contributed by atoms with Crippen LogP contribution in [0, 0.1) is 0 Å². The van der Waals surface area contributed by atoms with Gasteiger partial charge < -0.3 is 14.6 Å². The lowest BCUT2D eigenvalue weighted by molar-refractivity contribution is -0.122. The topological polar surface area (TPSA) is 102 Å². The first-order valence-electron chi connectivity index (χ1n) is 9.50. The van der Waals surface area contributed by atoms with E-state index in [1.807, 2.05) is 16.8 Å². The van der Waals surface area contributed by atoms with E-state index in [4.69, 9.17) is 4.74 Å². The molecule has 2 aromatic heterocycles. The standard InChI is InChI=1S/C22H20N4O4/c1-30-17-8-3-2-6-15(17)18-19(22(29)25-21(18)28)16-12-26(11-5-9-23-13-27)20-14(16)7-4-10-24-20/h2-4,6-8,10,12-13H,5,9,11H2,1H3,(H,23,27)(H,25,28,29). The molecule has 3 aromatic rings. The largest absolute Gasteiger partial charge is 0.496 e. The van der Waals surface area contributed by atoms with Crippen LogP contribution in [0.15, 0.2) is 48.8 Å². The Bertz CT molecular complexity index is 1180. The van der Waals surface area contributed by atoms with E-state index in [9.17, 15) is 14.4 Å². The van der Waals surface area contributed by atoms with Crippen molar-refractivity contribution in [2.45, 2.75) is 13.0 Å². The van der Waals surface area contributed by atoms with Crippen LogP contribution in [-0.2, 0) is 20.9 Å². The van der Waals surface area contributed by atoms with Gasteiger partial charge in [-0.3, -0.25) is 19.7 Å². The van der Waals surface area contributed by atoms with Gasteiger partial charge in [-0.15, -0.1) is 0 Å². The van der Waals surface area contributed by atoms with Crippen LogP contribution in [0.2, 0.25) is 0 Å². The summed E-state index contributed by atoms with van der Waals surface area (Å²) >= 11 is 0. The lowest BCUT2D eigenvalue weighted by atomic mass is 9.96. The van der Waals surface area contributed by atoms with Crippen LogP contribution in [0.1, 0.15) is 17.5 Å². The van der Waals surface area contributed by atoms with Crippen LogP contribution in [0.25, 0.3) is 22.2 Å². The Morgan fingerprint density at radius 3 is 2.63 bits per heavy atom. The molecule has 0 unspecified atom stereocenters. The number of nitrogens with one attached hydrogen (secondary N) is 2. The van der Waals surface area contributed by atoms with Crippen LogP contribution in [0.5, 0.6) is 5.75 Å². The van der Waals surface area contributed by atoms with Gasteiger partial charge >= 0.3 is 0 Å². The zero-order valence-electron chi connectivity index (χ0n) is 16.3. The first-order chi connectivity index (χ1) is 14.7. The number of rotatable bonds is 8. The molecule has 3 heterocycles. The fraction of sp³-hybridized carbons (Fsp3) is 0.182. The molecule has 0 saturated carbocycles. The number of pyridine rings is 1. The number of benzene rings is 1. The molecule has 8 heteroatoms. The Hall–Kier alpha value is -3.94. The number of hydrogen-bond acceptors (Lipinski definition) is 5. The van der Waals surface area contributed by atoms with Gasteiger partial charge in [0.25, 0.3) is 11.8 Å². The summed E-state index contributed by atoms with van der Waals surface area (Å²) in [6, 6.07) is 10.8. The third-order valence-electron chi connectivity index (χ3n) is 5.01. The van der Waals surface area contributed by atoms with Gasteiger partial charge in [-0.2, -0.15) is 0 Å². The summed E-state index contributed by atoms with van der Waals surface area (Å²) < 4.78 is 7.35. The third kappa shape index (κ3) is 3.32. The van der Waals surface area contributed by atoms with Crippen LogP contribution in [0.4, 0.5) is 0 Å². The number of carbonyl (C=O) groups excluding carboxylic acids is 3. The van der Waals surface area contributed by atoms with Gasteiger partial charge in [-0.1, -0.05) is 18.2 Å². The molecule has 0 radical (unpaired) electrons. The summed E-state index contributed by atoms with van der Waals surface area (Å²) in [7, 11) is 1.52. The van der Waals surface area contributed by atoms with Crippen molar-refractivity contribution in [2.75, 3.05) is 13.7 Å². The van der Waals surface area contributed by atoms with Crippen LogP contribution in [0.3, 0.4) is 0 Å². The van der Waals surface area contributed by atoms with Gasteiger partial charge in [0, 0.05) is 42.0 Å². The highest BCUT2D eigenvalue weighted by atomic mass is 16.5. The van der Waals surface area contributed by atoms with Crippen molar-refractivity contribution in [1.82, 2.24) is 20.2 Å². The normalized spacial score (nSPS) is 13.6. The van der Waals surface area contributed by atoms with E-state index in [2.05, 4.69) is 15.6 Å². The lowest BCUT2D eigenvalue weighted by Gasteiger charge is -2.09. The summed E-state index contributed by atoms with van der Waals surface area (Å²) in [5, 5.41) is 5.82. The quantitative estimate of drug-likeness (QED) is 0.338. The number of imide groups is 1. The van der Waals surface area contributed by atoms with E-state index in [0.717, 1.165) is 5.39 Å². The first kappa shape index (κ1) is 19.4. The maximum absolute atomic E-state index is 12.8. The zero-order chi connectivity index (χ0) is 21.1. The fourth-order valence-corrected chi connectivity index (χ4v) is 3.72. The highest BCUT2D eigenvalue weighted by Gasteiger charge is 2.35. The molecule has 2 N–H and O–H groups in total. The first-order valence-corrected chi connectivity index (χ1v) is 9.50. The van der Waals surface area contributed by atoms with E-state index in [1.54, 1.807) is 36.5 Å². The maximum atomic E-state index is 12.8. The van der Waals surface area contributed by atoms with Crippen molar-refractivity contribution in [2.24, 2.45) is 0 Å². The Kier molecular flexibility index (Phi) is 5.30. The van der Waals surface area contributed by atoms with Crippen LogP contribution in [-0.4, -0.2) is 41.4 Å². The maximum Gasteiger partial charge on any atom is 0.259 e. The number of fused-ring (bicyclic) bond motifs is 1. The second-order valence-electron chi connectivity index (χ2n) is 6.77. The fourth-order valence-electron chi connectivity index (χ4n) is 3.72. The molecule has 8 nitrogen and oxygen atoms in total. The Morgan fingerprint density at radius 2 is 1.87 bits per heavy atom. The Morgan fingerprint density at radius 1 is 1.10 bits per heavy atom. The van der Waals surface area contributed by atoms with E-state index >= 15 is 0 Å². The summed E-state index contributed by atoms with van der Waals surface area (Å²) in [5.41, 5.74) is 2.47. The van der Waals surface area contributed by atoms with Crippen molar-refractivity contribution >= 4 is 40.4 Å². The van der Waals surface area contributed by atoms with Gasteiger partial charge in [0.05, 0.1) is 18.3 Å². The zero-order valence-corrected chi connectivity index (χ0v) is 16.3. The molecule has 1 aliphatic rings. The molecule has 4 rings (SSSR count). The number of amides is 3. The van der Waals surface area contributed by atoms with E-state index in [0.29, 0.717) is 54.0 Å². The van der Waals surface area contributed by atoms with Crippen molar-refractivity contribution in [3.63, 3.8) is 0 Å². The van der Waals surface area contributed by atoms with Crippen LogP contribution < -0.4 is 15.4 Å². The number of carbonyl (C=O) groups is 3. The number of methoxy groups -OCH3 is 1. The molecule has 1 aliphatic heterocycles. The molecule has 1 aromatic carbocycles. The summed E-state index contributed by atoms with van der Waals surface area (Å²) in [6.45, 7) is 1.13. The SMILES string of the molecule is COc1ccccc1C1=C(c2cn(CCCNC=O)c3ncccc23)C(=O)NC1=O. The molecule has 0 saturated heterocycles. The number of para-hydroxylation sites is 1. The van der Waals surface area contributed by atoms with Gasteiger partial charge in [0.2, 0.25) is 6.41 Å². The Labute approximate surface area is 172 Å². The van der Waals surface area contributed by atoms with Crippen molar-refractivity contribution in [1.29, 1.82) is 0 Å². The predicted molar refractivity (Wildman–Crippen MR) is 111 cm³/mol. The minimum Gasteiger partial charge on any atom is -0.496 e. The van der Waals surface area contributed by atoms with E-state index in [-0.39, 0.29) is 5.57 Å². The highest BCUT2D eigenvalue weighted by molar-refractivity contribution is 6.50. The number of ether oxygens (including phenoxy) is 1. The number of nitrogens with zero attached hydrogens (tertiary/aromatic N) is 2. The monoisotopic (exact) mass is 404 g/mol. The summed E-state index contributed by atoms with van der Waals surface area (Å²) in [6.07, 6.45) is 4.88. The molecule has 0 fully saturated rings. The Balaban J connectivity index is 1.89. The van der Waals surface area contributed by atoms with Gasteiger partial charge in [0.15, 0.2) is 0 Å². The molecule has 30 heavy (non-hydrogen) atoms. The molecule has 0 bridgehead atoms.